The van der Waals surface area contributed by atoms with Crippen molar-refractivity contribution in [2.24, 2.45) is 0 Å². The van der Waals surface area contributed by atoms with Gasteiger partial charge in [-0.2, -0.15) is 5.10 Å². The fraction of sp³-hybridized carbons (Fsp3) is 0.438. The molecule has 0 unspecified atom stereocenters. The Morgan fingerprint density at radius 3 is 2.90 bits per heavy atom. The van der Waals surface area contributed by atoms with Gasteiger partial charge in [0.05, 0.1) is 11.9 Å². The van der Waals surface area contributed by atoms with E-state index in [1.54, 1.807) is 12.1 Å². The molecule has 112 valence electrons. The van der Waals surface area contributed by atoms with Crippen molar-refractivity contribution in [3.63, 3.8) is 0 Å². The fourth-order valence-corrected chi connectivity index (χ4v) is 2.97. The maximum Gasteiger partial charge on any atom is 0.123 e. The molecule has 2 N–H and O–H groups in total. The van der Waals surface area contributed by atoms with Crippen LogP contribution in [0.25, 0.3) is 11.3 Å². The van der Waals surface area contributed by atoms with Crippen LogP contribution in [0.3, 0.4) is 0 Å². The maximum atomic E-state index is 13.4. The van der Waals surface area contributed by atoms with Crippen LogP contribution in [-0.2, 0) is 6.54 Å². The van der Waals surface area contributed by atoms with Crippen LogP contribution in [0.5, 0.6) is 0 Å². The molecule has 2 heterocycles. The molecule has 1 fully saturated rings. The molecule has 1 aliphatic heterocycles. The molecule has 1 aromatic carbocycles. The Morgan fingerprint density at radius 2 is 2.14 bits per heavy atom. The van der Waals surface area contributed by atoms with Gasteiger partial charge in [0.15, 0.2) is 0 Å². The first-order valence-electron chi connectivity index (χ1n) is 7.43. The number of halogens is 1. The van der Waals surface area contributed by atoms with Crippen molar-refractivity contribution >= 4 is 0 Å². The highest BCUT2D eigenvalue weighted by Crippen LogP contribution is 2.24. The SMILES string of the molecule is CN(Cc1cn[nH]c1-c1cccc(F)c1)C1CCNCC1. The van der Waals surface area contributed by atoms with Gasteiger partial charge in [0.2, 0.25) is 0 Å². The summed E-state index contributed by atoms with van der Waals surface area (Å²) in [5.74, 6) is -0.222. The predicted molar refractivity (Wildman–Crippen MR) is 81.3 cm³/mol. The van der Waals surface area contributed by atoms with Gasteiger partial charge in [0.25, 0.3) is 0 Å². The Morgan fingerprint density at radius 1 is 1.33 bits per heavy atom. The molecule has 0 atom stereocenters. The lowest BCUT2D eigenvalue weighted by molar-refractivity contribution is 0.192. The molecule has 0 saturated carbocycles. The zero-order valence-corrected chi connectivity index (χ0v) is 12.3. The zero-order chi connectivity index (χ0) is 14.7. The average molecular weight is 288 g/mol. The first-order valence-corrected chi connectivity index (χ1v) is 7.43. The van der Waals surface area contributed by atoms with E-state index in [9.17, 15) is 4.39 Å². The maximum absolute atomic E-state index is 13.4. The van der Waals surface area contributed by atoms with E-state index in [4.69, 9.17) is 0 Å². The number of nitrogens with one attached hydrogen (secondary N) is 2. The normalized spacial score (nSPS) is 16.5. The summed E-state index contributed by atoms with van der Waals surface area (Å²) in [6.45, 7) is 2.99. The Hall–Kier alpha value is -1.72. The number of nitrogens with zero attached hydrogens (tertiary/aromatic N) is 2. The third kappa shape index (κ3) is 3.31. The number of rotatable bonds is 4. The van der Waals surface area contributed by atoms with Crippen LogP contribution >= 0.6 is 0 Å². The van der Waals surface area contributed by atoms with Gasteiger partial charge in [0.1, 0.15) is 5.82 Å². The summed E-state index contributed by atoms with van der Waals surface area (Å²) in [6, 6.07) is 7.24. The summed E-state index contributed by atoms with van der Waals surface area (Å²) in [5, 5.41) is 10.5. The zero-order valence-electron chi connectivity index (χ0n) is 12.3. The third-order valence-corrected chi connectivity index (χ3v) is 4.18. The Balaban J connectivity index is 1.76. The van der Waals surface area contributed by atoms with Crippen molar-refractivity contribution < 1.29 is 4.39 Å². The molecular weight excluding hydrogens is 267 g/mol. The average Bonchev–Trinajstić information content (AvgIpc) is 2.96. The van der Waals surface area contributed by atoms with E-state index < -0.39 is 0 Å². The smallest absolute Gasteiger partial charge is 0.123 e. The molecule has 0 aliphatic carbocycles. The summed E-state index contributed by atoms with van der Waals surface area (Å²) >= 11 is 0. The highest BCUT2D eigenvalue weighted by Gasteiger charge is 2.19. The summed E-state index contributed by atoms with van der Waals surface area (Å²) < 4.78 is 13.4. The molecule has 21 heavy (non-hydrogen) atoms. The molecule has 1 aromatic heterocycles. The Labute approximate surface area is 124 Å². The van der Waals surface area contributed by atoms with Crippen LogP contribution in [0.1, 0.15) is 18.4 Å². The second-order valence-corrected chi connectivity index (χ2v) is 5.68. The van der Waals surface area contributed by atoms with Crippen molar-refractivity contribution in [3.8, 4) is 11.3 Å². The predicted octanol–water partition coefficient (Wildman–Crippen LogP) is 2.40. The number of aromatic amines is 1. The van der Waals surface area contributed by atoms with Crippen molar-refractivity contribution in [3.05, 3.63) is 41.8 Å². The molecule has 2 aromatic rings. The highest BCUT2D eigenvalue weighted by atomic mass is 19.1. The van der Waals surface area contributed by atoms with Gasteiger partial charge in [-0.05, 0) is 45.1 Å². The van der Waals surface area contributed by atoms with E-state index in [2.05, 4.69) is 27.5 Å². The van der Waals surface area contributed by atoms with Gasteiger partial charge in [0, 0.05) is 23.7 Å². The number of benzene rings is 1. The van der Waals surface area contributed by atoms with Gasteiger partial charge in [-0.25, -0.2) is 4.39 Å². The molecule has 0 radical (unpaired) electrons. The molecule has 0 amide bonds. The number of hydrogen-bond acceptors (Lipinski definition) is 3. The van der Waals surface area contributed by atoms with E-state index in [1.165, 1.54) is 18.9 Å². The van der Waals surface area contributed by atoms with E-state index in [0.717, 1.165) is 36.5 Å². The van der Waals surface area contributed by atoms with E-state index in [1.807, 2.05) is 12.3 Å². The van der Waals surface area contributed by atoms with E-state index in [-0.39, 0.29) is 5.82 Å². The van der Waals surface area contributed by atoms with Gasteiger partial charge >= 0.3 is 0 Å². The summed E-state index contributed by atoms with van der Waals surface area (Å²) in [6.07, 6.45) is 4.19. The van der Waals surface area contributed by atoms with Crippen LogP contribution in [0.4, 0.5) is 4.39 Å². The molecule has 0 spiro atoms. The summed E-state index contributed by atoms with van der Waals surface area (Å²) in [7, 11) is 2.15. The third-order valence-electron chi connectivity index (χ3n) is 4.18. The number of piperidine rings is 1. The number of hydrogen-bond donors (Lipinski definition) is 2. The minimum atomic E-state index is -0.222. The highest BCUT2D eigenvalue weighted by molar-refractivity contribution is 5.62. The van der Waals surface area contributed by atoms with Crippen molar-refractivity contribution in [1.29, 1.82) is 0 Å². The van der Waals surface area contributed by atoms with Gasteiger partial charge in [-0.15, -0.1) is 0 Å². The topological polar surface area (TPSA) is 44.0 Å². The van der Waals surface area contributed by atoms with Crippen LogP contribution in [-0.4, -0.2) is 41.3 Å². The largest absolute Gasteiger partial charge is 0.317 e. The molecule has 4 nitrogen and oxygen atoms in total. The minimum Gasteiger partial charge on any atom is -0.317 e. The molecule has 3 rings (SSSR count). The van der Waals surface area contributed by atoms with Gasteiger partial charge in [-0.1, -0.05) is 12.1 Å². The Kier molecular flexibility index (Phi) is 4.31. The summed E-state index contributed by atoms with van der Waals surface area (Å²) in [5.41, 5.74) is 2.87. The van der Waals surface area contributed by atoms with E-state index >= 15 is 0 Å². The molecule has 5 heteroatoms. The van der Waals surface area contributed by atoms with Crippen LogP contribution in [0.2, 0.25) is 0 Å². The first kappa shape index (κ1) is 14.2. The quantitative estimate of drug-likeness (QED) is 0.908. The van der Waals surface area contributed by atoms with E-state index in [0.29, 0.717) is 6.04 Å². The Bertz CT molecular complexity index is 589. The molecular formula is C16H21FN4. The summed E-state index contributed by atoms with van der Waals surface area (Å²) in [4.78, 5) is 2.37. The van der Waals surface area contributed by atoms with Crippen molar-refractivity contribution in [2.75, 3.05) is 20.1 Å². The second kappa shape index (κ2) is 6.37. The number of H-pyrrole nitrogens is 1. The van der Waals surface area contributed by atoms with Gasteiger partial charge in [-0.3, -0.25) is 10.00 Å². The lowest BCUT2D eigenvalue weighted by Crippen LogP contribution is -2.40. The first-order chi connectivity index (χ1) is 10.2. The van der Waals surface area contributed by atoms with Crippen LogP contribution < -0.4 is 5.32 Å². The van der Waals surface area contributed by atoms with Crippen LogP contribution in [0.15, 0.2) is 30.5 Å². The molecule has 1 saturated heterocycles. The van der Waals surface area contributed by atoms with Crippen molar-refractivity contribution in [2.45, 2.75) is 25.4 Å². The second-order valence-electron chi connectivity index (χ2n) is 5.68. The lowest BCUT2D eigenvalue weighted by Gasteiger charge is -2.31. The lowest BCUT2D eigenvalue weighted by atomic mass is 10.0. The van der Waals surface area contributed by atoms with Crippen LogP contribution in [0, 0.1) is 5.82 Å². The minimum absolute atomic E-state index is 0.222. The standard InChI is InChI=1S/C16H21FN4/c1-21(15-5-7-18-8-6-15)11-13-10-19-20-16(13)12-3-2-4-14(17)9-12/h2-4,9-10,15,18H,5-8,11H2,1H3,(H,19,20). The van der Waals surface area contributed by atoms with Crippen molar-refractivity contribution in [1.82, 2.24) is 20.4 Å². The molecule has 0 bridgehead atoms. The monoisotopic (exact) mass is 288 g/mol. The van der Waals surface area contributed by atoms with Gasteiger partial charge < -0.3 is 5.32 Å². The fourth-order valence-electron chi connectivity index (χ4n) is 2.97. The molecule has 1 aliphatic rings. The number of aromatic nitrogens is 2.